The summed E-state index contributed by atoms with van der Waals surface area (Å²) in [4.78, 5) is 13.0. The van der Waals surface area contributed by atoms with Gasteiger partial charge in [0.2, 0.25) is 5.91 Å². The number of nitriles is 1. The van der Waals surface area contributed by atoms with Gasteiger partial charge in [0.05, 0.1) is 6.07 Å². The Labute approximate surface area is 73.0 Å². The van der Waals surface area contributed by atoms with Crippen LogP contribution in [0.25, 0.3) is 0 Å². The normalized spacial score (nSPS) is 22.3. The number of amides is 1. The molecule has 1 saturated heterocycles. The number of carbonyl (C=O) groups is 1. The maximum atomic E-state index is 11.2. The number of nitrogens with zero attached hydrogens (tertiary/aromatic N) is 2. The van der Waals surface area contributed by atoms with Gasteiger partial charge in [-0.2, -0.15) is 5.26 Å². The number of hydrogen-bond donors (Lipinski definition) is 0. The zero-order valence-corrected chi connectivity index (χ0v) is 7.42. The molecule has 3 nitrogen and oxygen atoms in total. The Balaban J connectivity index is 2.37. The molecule has 0 bridgehead atoms. The van der Waals surface area contributed by atoms with Gasteiger partial charge >= 0.3 is 0 Å². The van der Waals surface area contributed by atoms with Crippen LogP contribution in [0.15, 0.2) is 0 Å². The van der Waals surface area contributed by atoms with Crippen molar-refractivity contribution in [3.8, 4) is 6.07 Å². The minimum atomic E-state index is -0.00606. The molecule has 0 aromatic carbocycles. The van der Waals surface area contributed by atoms with Crippen LogP contribution in [0, 0.1) is 17.2 Å². The van der Waals surface area contributed by atoms with E-state index in [2.05, 4.69) is 6.92 Å². The maximum Gasteiger partial charge on any atom is 0.236 e. The van der Waals surface area contributed by atoms with Gasteiger partial charge in [-0.15, -0.1) is 0 Å². The molecule has 0 N–H and O–H groups in total. The van der Waals surface area contributed by atoms with Gasteiger partial charge in [-0.05, 0) is 12.3 Å². The second kappa shape index (κ2) is 4.10. The Morgan fingerprint density at radius 3 is 3.00 bits per heavy atom. The molecule has 1 amide bonds. The highest BCUT2D eigenvalue weighted by molar-refractivity contribution is 5.78. The van der Waals surface area contributed by atoms with Crippen LogP contribution in [-0.4, -0.2) is 23.9 Å². The Morgan fingerprint density at radius 2 is 2.50 bits per heavy atom. The Kier molecular flexibility index (Phi) is 3.09. The lowest BCUT2D eigenvalue weighted by Crippen LogP contribution is -2.27. The van der Waals surface area contributed by atoms with Gasteiger partial charge < -0.3 is 4.90 Å². The lowest BCUT2D eigenvalue weighted by Gasteiger charge is -2.13. The quantitative estimate of drug-likeness (QED) is 0.617. The summed E-state index contributed by atoms with van der Waals surface area (Å²) in [5.41, 5.74) is 0. The van der Waals surface area contributed by atoms with Crippen LogP contribution in [-0.2, 0) is 4.79 Å². The monoisotopic (exact) mass is 166 g/mol. The molecule has 12 heavy (non-hydrogen) atoms. The van der Waals surface area contributed by atoms with E-state index in [1.165, 1.54) is 0 Å². The number of likely N-dealkylation sites (tertiary alicyclic amines) is 1. The van der Waals surface area contributed by atoms with E-state index in [-0.39, 0.29) is 12.3 Å². The van der Waals surface area contributed by atoms with Crippen LogP contribution in [0.2, 0.25) is 0 Å². The van der Waals surface area contributed by atoms with E-state index in [1.54, 1.807) is 4.90 Å². The zero-order valence-electron chi connectivity index (χ0n) is 7.42. The van der Waals surface area contributed by atoms with Crippen LogP contribution >= 0.6 is 0 Å². The average molecular weight is 166 g/mol. The van der Waals surface area contributed by atoms with Crippen molar-refractivity contribution >= 4 is 5.91 Å². The molecule has 0 unspecified atom stereocenters. The number of carbonyl (C=O) groups excluding carboxylic acids is 1. The van der Waals surface area contributed by atoms with Crippen LogP contribution in [0.1, 0.15) is 26.2 Å². The standard InChI is InChI=1S/C9H14N2O/c1-2-8-4-6-11(7-8)9(12)3-5-10/h8H,2-4,6-7H2,1H3/t8-/m0/s1. The van der Waals surface area contributed by atoms with Gasteiger partial charge in [0.25, 0.3) is 0 Å². The fraction of sp³-hybridized carbons (Fsp3) is 0.778. The third kappa shape index (κ3) is 1.97. The number of hydrogen-bond acceptors (Lipinski definition) is 2. The zero-order chi connectivity index (χ0) is 8.97. The van der Waals surface area contributed by atoms with Crippen LogP contribution < -0.4 is 0 Å². The smallest absolute Gasteiger partial charge is 0.236 e. The molecule has 0 aromatic heterocycles. The van der Waals surface area contributed by atoms with Crippen molar-refractivity contribution in [3.63, 3.8) is 0 Å². The van der Waals surface area contributed by atoms with Gasteiger partial charge in [0.15, 0.2) is 0 Å². The third-order valence-electron chi connectivity index (χ3n) is 2.45. The van der Waals surface area contributed by atoms with Crippen molar-refractivity contribution in [2.24, 2.45) is 5.92 Å². The molecule has 1 aliphatic rings. The predicted molar refractivity (Wildman–Crippen MR) is 45.2 cm³/mol. The van der Waals surface area contributed by atoms with Crippen molar-refractivity contribution in [1.82, 2.24) is 4.90 Å². The van der Waals surface area contributed by atoms with E-state index >= 15 is 0 Å². The second-order valence-electron chi connectivity index (χ2n) is 3.24. The summed E-state index contributed by atoms with van der Waals surface area (Å²) in [6, 6.07) is 1.89. The van der Waals surface area contributed by atoms with E-state index in [4.69, 9.17) is 5.26 Å². The molecule has 1 heterocycles. The fourth-order valence-corrected chi connectivity index (χ4v) is 1.57. The molecule has 1 atom stereocenters. The Bertz CT molecular complexity index is 207. The van der Waals surface area contributed by atoms with Crippen LogP contribution in [0.5, 0.6) is 0 Å². The summed E-state index contributed by atoms with van der Waals surface area (Å²) in [7, 11) is 0. The summed E-state index contributed by atoms with van der Waals surface area (Å²) in [6.07, 6.45) is 2.28. The van der Waals surface area contributed by atoms with E-state index < -0.39 is 0 Å². The maximum absolute atomic E-state index is 11.2. The molecule has 1 rings (SSSR count). The molecule has 0 saturated carbocycles. The van der Waals surface area contributed by atoms with Gasteiger partial charge in [-0.3, -0.25) is 4.79 Å². The van der Waals surface area contributed by atoms with Gasteiger partial charge in [0, 0.05) is 13.1 Å². The van der Waals surface area contributed by atoms with Gasteiger partial charge in [-0.25, -0.2) is 0 Å². The highest BCUT2D eigenvalue weighted by Gasteiger charge is 2.24. The Morgan fingerprint density at radius 1 is 1.75 bits per heavy atom. The highest BCUT2D eigenvalue weighted by atomic mass is 16.2. The summed E-state index contributed by atoms with van der Waals surface area (Å²) in [5, 5.41) is 8.32. The lowest BCUT2D eigenvalue weighted by atomic mass is 10.1. The third-order valence-corrected chi connectivity index (χ3v) is 2.45. The molecule has 66 valence electrons. The molecule has 1 aliphatic heterocycles. The summed E-state index contributed by atoms with van der Waals surface area (Å²) >= 11 is 0. The molecular formula is C9H14N2O. The molecule has 0 spiro atoms. The van der Waals surface area contributed by atoms with E-state index in [1.807, 2.05) is 6.07 Å². The van der Waals surface area contributed by atoms with Crippen LogP contribution in [0.3, 0.4) is 0 Å². The summed E-state index contributed by atoms with van der Waals surface area (Å²) < 4.78 is 0. The first-order valence-corrected chi connectivity index (χ1v) is 4.42. The lowest BCUT2D eigenvalue weighted by molar-refractivity contribution is -0.129. The van der Waals surface area contributed by atoms with Gasteiger partial charge in [0.1, 0.15) is 6.42 Å². The minimum absolute atomic E-state index is 0.00606. The van der Waals surface area contributed by atoms with E-state index in [0.717, 1.165) is 25.9 Å². The molecule has 0 aromatic rings. The SMILES string of the molecule is CC[C@H]1CCN(C(=O)CC#N)C1. The second-order valence-corrected chi connectivity index (χ2v) is 3.24. The molecule has 0 aliphatic carbocycles. The van der Waals surface area contributed by atoms with E-state index in [9.17, 15) is 4.79 Å². The fourth-order valence-electron chi connectivity index (χ4n) is 1.57. The van der Waals surface area contributed by atoms with Gasteiger partial charge in [-0.1, -0.05) is 13.3 Å². The molecular weight excluding hydrogens is 152 g/mol. The van der Waals surface area contributed by atoms with Crippen molar-refractivity contribution in [1.29, 1.82) is 5.26 Å². The molecule has 0 radical (unpaired) electrons. The predicted octanol–water partition coefficient (Wildman–Crippen LogP) is 1.16. The van der Waals surface area contributed by atoms with Crippen molar-refractivity contribution < 1.29 is 4.79 Å². The molecule has 3 heteroatoms. The topological polar surface area (TPSA) is 44.1 Å². The van der Waals surface area contributed by atoms with E-state index in [0.29, 0.717) is 5.92 Å². The van der Waals surface area contributed by atoms with Crippen molar-refractivity contribution in [2.75, 3.05) is 13.1 Å². The summed E-state index contributed by atoms with van der Waals surface area (Å²) in [5.74, 6) is 0.654. The summed E-state index contributed by atoms with van der Waals surface area (Å²) in [6.45, 7) is 3.85. The largest absolute Gasteiger partial charge is 0.342 e. The Hall–Kier alpha value is -1.04. The first-order chi connectivity index (χ1) is 5.77. The molecule has 1 fully saturated rings. The first-order valence-electron chi connectivity index (χ1n) is 4.42. The number of rotatable bonds is 2. The highest BCUT2D eigenvalue weighted by Crippen LogP contribution is 2.19. The van der Waals surface area contributed by atoms with Crippen LogP contribution in [0.4, 0.5) is 0 Å². The van der Waals surface area contributed by atoms with Crippen molar-refractivity contribution in [3.05, 3.63) is 0 Å². The average Bonchev–Trinajstić information content (AvgIpc) is 2.52. The minimum Gasteiger partial charge on any atom is -0.342 e. The van der Waals surface area contributed by atoms with Crippen molar-refractivity contribution in [2.45, 2.75) is 26.2 Å². The first kappa shape index (κ1) is 9.05.